The number of fused-ring (bicyclic) bond motifs is 14. The minimum atomic E-state index is -0.994. The largest absolute Gasteiger partial charge is 0.507 e. The van der Waals surface area contributed by atoms with E-state index in [1.54, 1.807) is 6.07 Å². The maximum Gasteiger partial charge on any atom is 0.161 e. The lowest BCUT2D eigenvalue weighted by molar-refractivity contribution is -0.135. The third-order valence-electron chi connectivity index (χ3n) is 14.6. The van der Waals surface area contributed by atoms with Crippen molar-refractivity contribution in [1.82, 2.24) is 9.97 Å². The van der Waals surface area contributed by atoms with Gasteiger partial charge >= 0.3 is 0 Å². The highest BCUT2D eigenvalue weighted by molar-refractivity contribution is 6.05. The first-order valence-corrected chi connectivity index (χ1v) is 22.9. The Hall–Kier alpha value is -5.80. The summed E-state index contributed by atoms with van der Waals surface area (Å²) in [6, 6.07) is 22.3. The fourth-order valence-electron chi connectivity index (χ4n) is 11.5. The van der Waals surface area contributed by atoms with E-state index in [1.165, 1.54) is 5.56 Å². The van der Waals surface area contributed by atoms with E-state index in [-0.39, 0.29) is 72.4 Å². The van der Waals surface area contributed by atoms with Gasteiger partial charge in [-0.1, -0.05) is 54.6 Å². The molecule has 6 N–H and O–H groups in total. The quantitative estimate of drug-likeness (QED) is 0.0934. The molecule has 9 nitrogen and oxygen atoms in total. The topological polar surface area (TPSA) is 148 Å². The Kier molecular flexibility index (Phi) is 11.2. The predicted molar refractivity (Wildman–Crippen MR) is 242 cm³/mol. The fourth-order valence-corrected chi connectivity index (χ4v) is 11.5. The number of ether oxygens (including phenoxy) is 1. The molecule has 0 amide bonds. The summed E-state index contributed by atoms with van der Waals surface area (Å²) in [4.78, 5) is 37.3. The first-order valence-electron chi connectivity index (χ1n) is 22.9. The number of allylic oxidation sites excluding steroid dienone is 1. The van der Waals surface area contributed by atoms with E-state index in [2.05, 4.69) is 69.9 Å². The van der Waals surface area contributed by atoms with Gasteiger partial charge in [0.25, 0.3) is 0 Å². The molecule has 6 unspecified atom stereocenters. The Bertz CT molecular complexity index is 2540. The van der Waals surface area contributed by atoms with Crippen LogP contribution in [0, 0.1) is 17.8 Å². The first-order chi connectivity index (χ1) is 30.3. The van der Waals surface area contributed by atoms with Crippen molar-refractivity contribution in [2.24, 2.45) is 17.8 Å². The summed E-state index contributed by atoms with van der Waals surface area (Å²) in [6.45, 7) is -0.281. The van der Waals surface area contributed by atoms with E-state index in [0.29, 0.717) is 25.0 Å². The third kappa shape index (κ3) is 7.80. The van der Waals surface area contributed by atoms with Gasteiger partial charge in [-0.05, 0) is 140 Å². The number of carbonyl (C=O) groups excluding carboxylic acids is 2. The number of nitrogens with one attached hydrogen (secondary N) is 3. The molecule has 1 aliphatic heterocycles. The van der Waals surface area contributed by atoms with Crippen molar-refractivity contribution in [3.8, 4) is 17.2 Å². The Morgan fingerprint density at radius 2 is 1.63 bits per heavy atom. The average Bonchev–Trinajstić information content (AvgIpc) is 4.03. The number of anilines is 1. The number of rotatable bonds is 6. The van der Waals surface area contributed by atoms with Gasteiger partial charge in [-0.3, -0.25) is 9.59 Å². The number of aromatic hydroxyl groups is 2. The van der Waals surface area contributed by atoms with Gasteiger partial charge in [0, 0.05) is 78.0 Å². The number of aromatic nitrogens is 2. The zero-order chi connectivity index (χ0) is 42.3. The van der Waals surface area contributed by atoms with Crippen molar-refractivity contribution in [1.29, 1.82) is 0 Å². The standard InChI is InChI=1S/C53H57N3O6/c57-24-21-42-48(59)18-13-33-27-36(51(60)49(29-33)62-37-8-1-2-9-37)26-32-5-3-7-35(25-32)38-16-17-45(56-53-41(38)20-23-55-53)44-30-46-40(19-22-54-46)43(50(44)52(42)61)28-31-11-14-34-6-4-10-47(58)39(34)15-12-31/h3-7,10,12,15,19-20,22-23,25,27,29-31,37-38,42-43,45,50,54-58,60H,1-2,8-9,11,13-14,16-18,21,24,26,28H2. The van der Waals surface area contributed by atoms with Gasteiger partial charge in [-0.2, -0.15) is 0 Å². The fraction of sp³-hybridized carbons (Fsp3) is 0.396. The minimum absolute atomic E-state index is 0.0384. The highest BCUT2D eigenvalue weighted by Crippen LogP contribution is 2.49. The first kappa shape index (κ1) is 40.3. The number of hydrogen-bond donors (Lipinski definition) is 6. The van der Waals surface area contributed by atoms with E-state index in [0.717, 1.165) is 107 Å². The lowest BCUT2D eigenvalue weighted by atomic mass is 9.66. The molecule has 10 rings (SSSR count). The molecule has 3 heterocycles. The monoisotopic (exact) mass is 831 g/mol. The molecule has 6 atom stereocenters. The number of aliphatic hydroxyl groups is 1. The van der Waals surface area contributed by atoms with Crippen LogP contribution in [0.4, 0.5) is 5.82 Å². The van der Waals surface area contributed by atoms with Gasteiger partial charge in [0.1, 0.15) is 17.4 Å². The summed E-state index contributed by atoms with van der Waals surface area (Å²) in [7, 11) is 0. The number of aliphatic hydroxyl groups excluding tert-OH is 1. The Morgan fingerprint density at radius 1 is 0.790 bits per heavy atom. The number of phenols is 2. The van der Waals surface area contributed by atoms with Crippen LogP contribution in [0.3, 0.4) is 0 Å². The molecule has 62 heavy (non-hydrogen) atoms. The van der Waals surface area contributed by atoms with E-state index in [9.17, 15) is 20.1 Å². The summed E-state index contributed by atoms with van der Waals surface area (Å²) in [5.41, 5.74) is 10.1. The summed E-state index contributed by atoms with van der Waals surface area (Å²) in [6.07, 6.45) is 19.4. The van der Waals surface area contributed by atoms with Crippen LogP contribution >= 0.6 is 0 Å². The summed E-state index contributed by atoms with van der Waals surface area (Å²) >= 11 is 0. The predicted octanol–water partition coefficient (Wildman–Crippen LogP) is 9.92. The molecule has 2 aromatic heterocycles. The zero-order valence-electron chi connectivity index (χ0n) is 35.2. The number of phenolic OH excluding ortho intramolecular Hbond substituents is 2. The number of hydrogen-bond acceptors (Lipinski definition) is 7. The van der Waals surface area contributed by atoms with Gasteiger partial charge in [-0.15, -0.1) is 0 Å². The van der Waals surface area contributed by atoms with Crippen LogP contribution in [-0.4, -0.2) is 55.6 Å². The smallest absolute Gasteiger partial charge is 0.161 e. The maximum atomic E-state index is 15.7. The van der Waals surface area contributed by atoms with Crippen LogP contribution in [0.15, 0.2) is 90.8 Å². The second-order valence-corrected chi connectivity index (χ2v) is 18.4. The lowest BCUT2D eigenvalue weighted by Crippen LogP contribution is -2.41. The highest BCUT2D eigenvalue weighted by atomic mass is 16.5. The molecule has 320 valence electrons. The minimum Gasteiger partial charge on any atom is -0.507 e. The third-order valence-corrected chi connectivity index (χ3v) is 14.6. The summed E-state index contributed by atoms with van der Waals surface area (Å²) in [5, 5.41) is 36.9. The van der Waals surface area contributed by atoms with E-state index < -0.39 is 11.8 Å². The van der Waals surface area contributed by atoms with E-state index in [1.807, 2.05) is 36.7 Å². The van der Waals surface area contributed by atoms with Crippen LogP contribution in [0.25, 0.3) is 12.2 Å². The van der Waals surface area contributed by atoms with Crippen LogP contribution in [-0.2, 0) is 28.9 Å². The van der Waals surface area contributed by atoms with Crippen LogP contribution in [0.1, 0.15) is 126 Å². The maximum absolute atomic E-state index is 15.7. The Morgan fingerprint density at radius 3 is 2.50 bits per heavy atom. The van der Waals surface area contributed by atoms with Crippen molar-refractivity contribution in [2.75, 3.05) is 11.9 Å². The summed E-state index contributed by atoms with van der Waals surface area (Å²) < 4.78 is 6.47. The molecule has 0 saturated heterocycles. The van der Waals surface area contributed by atoms with Crippen molar-refractivity contribution < 1.29 is 29.6 Å². The zero-order valence-corrected chi connectivity index (χ0v) is 35.2. The van der Waals surface area contributed by atoms with Crippen LogP contribution in [0.2, 0.25) is 0 Å². The molecular formula is C53H57N3O6. The molecule has 0 radical (unpaired) electrons. The molecule has 0 spiro atoms. The normalized spacial score (nSPS) is 25.0. The second kappa shape index (κ2) is 17.2. The number of aryl methyl sites for hydroxylation is 2. The van der Waals surface area contributed by atoms with Crippen LogP contribution < -0.4 is 10.1 Å². The number of aromatic amines is 2. The molecule has 1 saturated carbocycles. The van der Waals surface area contributed by atoms with Gasteiger partial charge in [0.15, 0.2) is 17.3 Å². The molecule has 5 aromatic rings. The molecular weight excluding hydrogens is 775 g/mol. The number of H-pyrrole nitrogens is 2. The molecule has 3 aromatic carbocycles. The SMILES string of the molecule is O=C1CCc2cc(c(O)c(OC3CCCC3)c2)Cc2cccc(c2)C2CCC(Nc3[nH]ccc32)C2=Cc3[nH]ccc3C(CC3C=Cc4c(O)cccc4CC3)C2C(=O)C1CCO. The number of benzene rings is 3. The van der Waals surface area contributed by atoms with Gasteiger partial charge in [0.2, 0.25) is 0 Å². The molecule has 9 heteroatoms. The van der Waals surface area contributed by atoms with Gasteiger partial charge < -0.3 is 35.3 Å². The lowest BCUT2D eigenvalue weighted by Gasteiger charge is -2.38. The number of carbonyl (C=O) groups is 2. The van der Waals surface area contributed by atoms with Crippen LogP contribution in [0.5, 0.6) is 17.2 Å². The molecule has 6 bridgehead atoms. The second-order valence-electron chi connectivity index (χ2n) is 18.4. The number of Topliss-reactive ketones (excluding diaryl/α,β-unsaturated/α-hetero) is 2. The Labute approximate surface area is 363 Å². The van der Waals surface area contributed by atoms with Crippen molar-refractivity contribution in [2.45, 2.75) is 107 Å². The molecule has 1 fully saturated rings. The van der Waals surface area contributed by atoms with Crippen molar-refractivity contribution in [3.05, 3.63) is 141 Å². The number of ketones is 2. The summed E-state index contributed by atoms with van der Waals surface area (Å²) in [5.74, 6) is -0.178. The molecule has 5 aliphatic rings. The van der Waals surface area contributed by atoms with E-state index >= 15 is 4.79 Å². The van der Waals surface area contributed by atoms with Crippen molar-refractivity contribution >= 4 is 29.5 Å². The van der Waals surface area contributed by atoms with Gasteiger partial charge in [-0.25, -0.2) is 0 Å². The van der Waals surface area contributed by atoms with Crippen molar-refractivity contribution in [3.63, 3.8) is 0 Å². The molecule has 4 aliphatic carbocycles. The average molecular weight is 832 g/mol. The Balaban J connectivity index is 1.08. The van der Waals surface area contributed by atoms with E-state index in [4.69, 9.17) is 4.74 Å². The van der Waals surface area contributed by atoms with Gasteiger partial charge in [0.05, 0.1) is 12.0 Å². The highest BCUT2D eigenvalue weighted by Gasteiger charge is 2.45.